The summed E-state index contributed by atoms with van der Waals surface area (Å²) >= 11 is 0. The summed E-state index contributed by atoms with van der Waals surface area (Å²) in [5, 5.41) is 0. The number of methoxy groups -OCH3 is 1. The summed E-state index contributed by atoms with van der Waals surface area (Å²) in [5.74, 6) is -0.0457. The van der Waals surface area contributed by atoms with E-state index < -0.39 is 0 Å². The van der Waals surface area contributed by atoms with Gasteiger partial charge in [0.05, 0.1) is 6.61 Å². The zero-order valence-corrected chi connectivity index (χ0v) is 11.4. The van der Waals surface area contributed by atoms with Gasteiger partial charge in [-0.25, -0.2) is 0 Å². The van der Waals surface area contributed by atoms with Crippen molar-refractivity contribution in [2.24, 2.45) is 0 Å². The lowest BCUT2D eigenvalue weighted by Gasteiger charge is -1.99. The molecular formula is C15H22O3. The van der Waals surface area contributed by atoms with E-state index in [0.29, 0.717) is 6.61 Å². The molecule has 0 bridgehead atoms. The van der Waals surface area contributed by atoms with Crippen molar-refractivity contribution in [3.05, 3.63) is 42.0 Å². The molecule has 0 N–H and O–H groups in total. The molecule has 0 saturated heterocycles. The number of ketones is 1. The van der Waals surface area contributed by atoms with Crippen molar-refractivity contribution in [3.63, 3.8) is 0 Å². The van der Waals surface area contributed by atoms with Crippen molar-refractivity contribution in [2.75, 3.05) is 26.9 Å². The first-order valence-corrected chi connectivity index (χ1v) is 6.13. The van der Waals surface area contributed by atoms with Gasteiger partial charge in [-0.05, 0) is 5.56 Å². The highest BCUT2D eigenvalue weighted by Crippen LogP contribution is 2.00. The van der Waals surface area contributed by atoms with Gasteiger partial charge in [-0.2, -0.15) is 0 Å². The summed E-state index contributed by atoms with van der Waals surface area (Å²) in [6.07, 6.45) is 3.84. The number of ether oxygens (including phenoxy) is 2. The lowest BCUT2D eigenvalue weighted by molar-refractivity contribution is -0.126. The number of Topliss-reactive ketones (excluding diaryl/α,β-unsaturated/α-hetero) is 1. The number of carbonyl (C=O) groups is 1. The molecule has 0 amide bonds. The third-order valence-corrected chi connectivity index (χ3v) is 1.89. The lowest BCUT2D eigenvalue weighted by atomic mass is 10.2. The molecule has 0 radical (unpaired) electrons. The molecule has 0 saturated carbocycles. The second kappa shape index (κ2) is 12.0. The fourth-order valence-corrected chi connectivity index (χ4v) is 1.19. The Kier molecular flexibility index (Phi) is 11.1. The van der Waals surface area contributed by atoms with E-state index in [-0.39, 0.29) is 19.0 Å². The molecule has 0 aromatic heterocycles. The van der Waals surface area contributed by atoms with Crippen LogP contribution in [0.3, 0.4) is 0 Å². The molecule has 3 nitrogen and oxygen atoms in total. The third-order valence-electron chi connectivity index (χ3n) is 1.89. The molecule has 1 rings (SSSR count). The predicted molar refractivity (Wildman–Crippen MR) is 74.5 cm³/mol. The summed E-state index contributed by atoms with van der Waals surface area (Å²) in [5.41, 5.74) is 1.12. The van der Waals surface area contributed by atoms with Crippen molar-refractivity contribution in [1.29, 1.82) is 0 Å². The Morgan fingerprint density at radius 1 is 1.17 bits per heavy atom. The second-order valence-electron chi connectivity index (χ2n) is 3.30. The van der Waals surface area contributed by atoms with Gasteiger partial charge in [-0.15, -0.1) is 0 Å². The maximum atomic E-state index is 11.0. The van der Waals surface area contributed by atoms with Gasteiger partial charge in [0, 0.05) is 7.11 Å². The zero-order valence-electron chi connectivity index (χ0n) is 11.4. The van der Waals surface area contributed by atoms with E-state index in [4.69, 9.17) is 4.74 Å². The van der Waals surface area contributed by atoms with E-state index in [1.165, 1.54) is 7.11 Å². The first kappa shape index (κ1) is 16.6. The summed E-state index contributed by atoms with van der Waals surface area (Å²) in [4.78, 5) is 11.0. The molecule has 0 unspecified atom stereocenters. The molecule has 0 aliphatic heterocycles. The van der Waals surface area contributed by atoms with Crippen molar-refractivity contribution in [2.45, 2.75) is 13.8 Å². The minimum absolute atomic E-state index is 0.0457. The molecule has 0 fully saturated rings. The molecular weight excluding hydrogens is 228 g/mol. The van der Waals surface area contributed by atoms with Crippen LogP contribution in [0.1, 0.15) is 19.4 Å². The molecule has 18 heavy (non-hydrogen) atoms. The van der Waals surface area contributed by atoms with E-state index in [1.807, 2.05) is 56.3 Å². The molecule has 0 heterocycles. The van der Waals surface area contributed by atoms with Crippen molar-refractivity contribution in [1.82, 2.24) is 0 Å². The Labute approximate surface area is 109 Å². The van der Waals surface area contributed by atoms with E-state index in [2.05, 4.69) is 4.74 Å². The Morgan fingerprint density at radius 2 is 1.83 bits per heavy atom. The largest absolute Gasteiger partial charge is 0.377 e. The van der Waals surface area contributed by atoms with E-state index in [0.717, 1.165) is 5.56 Å². The minimum Gasteiger partial charge on any atom is -0.377 e. The van der Waals surface area contributed by atoms with Crippen molar-refractivity contribution >= 4 is 11.9 Å². The van der Waals surface area contributed by atoms with Gasteiger partial charge in [-0.1, -0.05) is 56.3 Å². The first-order chi connectivity index (χ1) is 8.83. The third kappa shape index (κ3) is 8.67. The van der Waals surface area contributed by atoms with Crippen LogP contribution in [0.25, 0.3) is 6.08 Å². The Bertz CT molecular complexity index is 331. The highest BCUT2D eigenvalue weighted by molar-refractivity contribution is 5.80. The van der Waals surface area contributed by atoms with E-state index >= 15 is 0 Å². The van der Waals surface area contributed by atoms with Crippen molar-refractivity contribution in [3.8, 4) is 0 Å². The highest BCUT2D eigenvalue weighted by atomic mass is 16.5. The summed E-state index contributed by atoms with van der Waals surface area (Å²) in [6, 6.07) is 9.93. The quantitative estimate of drug-likeness (QED) is 0.698. The monoisotopic (exact) mass is 250 g/mol. The number of carbonyl (C=O) groups excluding carboxylic acids is 1. The van der Waals surface area contributed by atoms with E-state index in [1.54, 1.807) is 0 Å². The fourth-order valence-electron chi connectivity index (χ4n) is 1.19. The summed E-state index contributed by atoms with van der Waals surface area (Å²) in [7, 11) is 1.49. The summed E-state index contributed by atoms with van der Waals surface area (Å²) in [6.45, 7) is 4.65. The van der Waals surface area contributed by atoms with Gasteiger partial charge in [-0.3, -0.25) is 4.79 Å². The van der Waals surface area contributed by atoms with Crippen LogP contribution in [-0.4, -0.2) is 32.7 Å². The lowest BCUT2D eigenvalue weighted by Crippen LogP contribution is -2.14. The van der Waals surface area contributed by atoms with Crippen LogP contribution in [0.15, 0.2) is 36.4 Å². The van der Waals surface area contributed by atoms with Gasteiger partial charge in [0.25, 0.3) is 0 Å². The van der Waals surface area contributed by atoms with Crippen LogP contribution in [-0.2, 0) is 14.3 Å². The predicted octanol–water partition coefficient (Wildman–Crippen LogP) is 2.96. The topological polar surface area (TPSA) is 35.5 Å². The van der Waals surface area contributed by atoms with Crippen LogP contribution in [0, 0.1) is 0 Å². The molecule has 0 atom stereocenters. The minimum atomic E-state index is -0.0457. The van der Waals surface area contributed by atoms with Gasteiger partial charge in [0.1, 0.15) is 13.2 Å². The normalized spacial score (nSPS) is 9.94. The number of rotatable bonds is 7. The maximum Gasteiger partial charge on any atom is 0.183 e. The van der Waals surface area contributed by atoms with Crippen LogP contribution < -0.4 is 0 Å². The smallest absolute Gasteiger partial charge is 0.183 e. The standard InChI is InChI=1S/C13H16O3.C2H6/c1-15-10-13(14)11-16-9-5-8-12-6-3-2-4-7-12;1-2/h2-8H,9-11H2,1H3;1-2H3/b8-5+;. The maximum absolute atomic E-state index is 11.0. The van der Waals surface area contributed by atoms with E-state index in [9.17, 15) is 4.79 Å². The zero-order chi connectivity index (χ0) is 13.6. The first-order valence-electron chi connectivity index (χ1n) is 6.13. The number of hydrogen-bond acceptors (Lipinski definition) is 3. The molecule has 0 spiro atoms. The Hall–Kier alpha value is -1.45. The summed E-state index contributed by atoms with van der Waals surface area (Å²) < 4.78 is 9.84. The number of hydrogen-bond donors (Lipinski definition) is 0. The second-order valence-corrected chi connectivity index (χ2v) is 3.30. The Balaban J connectivity index is 0.00000137. The average Bonchev–Trinajstić information content (AvgIpc) is 2.42. The molecule has 0 aliphatic rings. The molecule has 3 heteroatoms. The van der Waals surface area contributed by atoms with Gasteiger partial charge >= 0.3 is 0 Å². The number of benzene rings is 1. The van der Waals surface area contributed by atoms with Gasteiger partial charge in [0.15, 0.2) is 5.78 Å². The molecule has 100 valence electrons. The van der Waals surface area contributed by atoms with Crippen LogP contribution in [0.2, 0.25) is 0 Å². The van der Waals surface area contributed by atoms with Crippen LogP contribution in [0.4, 0.5) is 0 Å². The van der Waals surface area contributed by atoms with Gasteiger partial charge in [0.2, 0.25) is 0 Å². The van der Waals surface area contributed by atoms with Crippen LogP contribution in [0.5, 0.6) is 0 Å². The van der Waals surface area contributed by atoms with Crippen molar-refractivity contribution < 1.29 is 14.3 Å². The fraction of sp³-hybridized carbons (Fsp3) is 0.400. The SMILES string of the molecule is CC.COCC(=O)COC/C=C/c1ccccc1. The average molecular weight is 250 g/mol. The van der Waals surface area contributed by atoms with Crippen LogP contribution >= 0.6 is 0 Å². The van der Waals surface area contributed by atoms with Gasteiger partial charge < -0.3 is 9.47 Å². The molecule has 0 aliphatic carbocycles. The highest BCUT2D eigenvalue weighted by Gasteiger charge is 1.98. The molecule has 1 aromatic rings. The Morgan fingerprint density at radius 3 is 2.44 bits per heavy atom. The molecule has 1 aromatic carbocycles.